The second-order valence-electron chi connectivity index (χ2n) is 9.27. The highest BCUT2D eigenvalue weighted by atomic mass is 16.5. The van der Waals surface area contributed by atoms with Crippen molar-refractivity contribution in [3.8, 4) is 5.75 Å². The number of aromatic nitrogens is 2. The van der Waals surface area contributed by atoms with E-state index in [2.05, 4.69) is 43.2 Å². The molecule has 5 rings (SSSR count). The number of hydrogen-bond acceptors (Lipinski definition) is 3. The molecule has 4 nitrogen and oxygen atoms in total. The molecule has 0 aliphatic heterocycles. The van der Waals surface area contributed by atoms with Crippen LogP contribution in [0.15, 0.2) is 36.2 Å². The summed E-state index contributed by atoms with van der Waals surface area (Å²) < 4.78 is 7.36. The first-order chi connectivity index (χ1) is 14.0. The lowest BCUT2D eigenvalue weighted by molar-refractivity contribution is -0.127. The highest BCUT2D eigenvalue weighted by molar-refractivity contribution is 6.05. The van der Waals surface area contributed by atoms with Gasteiger partial charge in [-0.05, 0) is 91.7 Å². The monoisotopic (exact) mass is 390 g/mol. The van der Waals surface area contributed by atoms with E-state index in [1.54, 1.807) is 7.11 Å². The van der Waals surface area contributed by atoms with Gasteiger partial charge in [-0.25, -0.2) is 0 Å². The number of ether oxygens (including phenoxy) is 1. The van der Waals surface area contributed by atoms with Crippen LogP contribution in [0.4, 0.5) is 0 Å². The van der Waals surface area contributed by atoms with Gasteiger partial charge < -0.3 is 4.74 Å². The third-order valence-corrected chi connectivity index (χ3v) is 7.89. The largest absolute Gasteiger partial charge is 0.497 e. The third kappa shape index (κ3) is 2.87. The topological polar surface area (TPSA) is 44.1 Å². The summed E-state index contributed by atoms with van der Waals surface area (Å²) in [5, 5.41) is 4.37. The number of carbonyl (C=O) groups excluding carboxylic acids is 1. The highest BCUT2D eigenvalue weighted by Crippen LogP contribution is 2.60. The number of aryl methyl sites for hydroxylation is 2. The minimum atomic E-state index is -0.197. The van der Waals surface area contributed by atoms with E-state index in [9.17, 15) is 4.79 Å². The summed E-state index contributed by atoms with van der Waals surface area (Å²) in [5.41, 5.74) is 4.81. The van der Waals surface area contributed by atoms with Crippen LogP contribution in [0.25, 0.3) is 6.08 Å². The smallest absolute Gasteiger partial charge is 0.165 e. The van der Waals surface area contributed by atoms with Gasteiger partial charge in [0.05, 0.1) is 13.3 Å². The Labute approximate surface area is 173 Å². The standard InChI is InChI=1S/C25H30N2O2/c1-4-27-15-16(14-26-27)11-18-13-23-22-7-5-17-12-19(29-3)6-8-20(17)21(22)9-10-25(23,2)24(18)28/h6,8,11-12,14-15,21-23H,4-5,7,9-10,13H2,1-3H3/b18-11+/t21-,22+,23+,25+/m0/s1. The zero-order chi connectivity index (χ0) is 20.2. The molecule has 0 radical (unpaired) electrons. The van der Waals surface area contributed by atoms with Gasteiger partial charge in [0.15, 0.2) is 5.78 Å². The summed E-state index contributed by atoms with van der Waals surface area (Å²) in [6.45, 7) is 5.17. The summed E-state index contributed by atoms with van der Waals surface area (Å²) in [5.74, 6) is 2.97. The number of Topliss-reactive ketones (excluding diaryl/α,β-unsaturated/α-hetero) is 1. The molecule has 3 aliphatic carbocycles. The molecule has 152 valence electrons. The van der Waals surface area contributed by atoms with Crippen molar-refractivity contribution < 1.29 is 9.53 Å². The molecule has 1 aromatic heterocycles. The molecule has 4 heteroatoms. The first-order valence-corrected chi connectivity index (χ1v) is 11.0. The second-order valence-corrected chi connectivity index (χ2v) is 9.27. The number of nitrogens with zero attached hydrogens (tertiary/aromatic N) is 2. The van der Waals surface area contributed by atoms with Crippen molar-refractivity contribution in [3.05, 3.63) is 52.9 Å². The summed E-state index contributed by atoms with van der Waals surface area (Å²) in [6.07, 6.45) is 11.3. The Balaban J connectivity index is 1.46. The average molecular weight is 391 g/mol. The molecule has 0 bridgehead atoms. The predicted octanol–water partition coefficient (Wildman–Crippen LogP) is 5.03. The Morgan fingerprint density at radius 3 is 2.97 bits per heavy atom. The molecule has 0 spiro atoms. The number of methoxy groups -OCH3 is 1. The van der Waals surface area contributed by atoms with Gasteiger partial charge in [-0.15, -0.1) is 0 Å². The fraction of sp³-hybridized carbons (Fsp3) is 0.520. The van der Waals surface area contributed by atoms with Gasteiger partial charge in [0, 0.05) is 23.7 Å². The maximum Gasteiger partial charge on any atom is 0.165 e. The van der Waals surface area contributed by atoms with Crippen LogP contribution in [-0.4, -0.2) is 22.7 Å². The van der Waals surface area contributed by atoms with Crippen LogP contribution in [0.3, 0.4) is 0 Å². The maximum absolute atomic E-state index is 13.4. The van der Waals surface area contributed by atoms with Gasteiger partial charge in [0.2, 0.25) is 0 Å². The van der Waals surface area contributed by atoms with E-state index in [1.807, 2.05) is 17.1 Å². The van der Waals surface area contributed by atoms with Crippen molar-refractivity contribution in [3.63, 3.8) is 0 Å². The molecule has 0 unspecified atom stereocenters. The van der Waals surface area contributed by atoms with Crippen molar-refractivity contribution >= 4 is 11.9 Å². The Bertz CT molecular complexity index is 988. The third-order valence-electron chi connectivity index (χ3n) is 7.89. The first-order valence-electron chi connectivity index (χ1n) is 11.0. The van der Waals surface area contributed by atoms with Crippen molar-refractivity contribution in [2.45, 2.75) is 58.4 Å². The van der Waals surface area contributed by atoms with Gasteiger partial charge in [0.25, 0.3) is 0 Å². The predicted molar refractivity (Wildman–Crippen MR) is 114 cm³/mol. The molecule has 2 fully saturated rings. The van der Waals surface area contributed by atoms with E-state index in [1.165, 1.54) is 17.5 Å². The van der Waals surface area contributed by atoms with Crippen molar-refractivity contribution in [1.29, 1.82) is 0 Å². The molecule has 1 aromatic carbocycles. The molecule has 0 amide bonds. The van der Waals surface area contributed by atoms with Gasteiger partial charge in [-0.2, -0.15) is 5.10 Å². The molecule has 0 N–H and O–H groups in total. The van der Waals surface area contributed by atoms with Crippen molar-refractivity contribution in [2.24, 2.45) is 17.3 Å². The Hall–Kier alpha value is -2.36. The Morgan fingerprint density at radius 1 is 1.34 bits per heavy atom. The maximum atomic E-state index is 13.4. The van der Waals surface area contributed by atoms with Crippen LogP contribution >= 0.6 is 0 Å². The van der Waals surface area contributed by atoms with Gasteiger partial charge in [-0.3, -0.25) is 9.48 Å². The molecule has 4 atom stereocenters. The van der Waals surface area contributed by atoms with E-state index in [0.29, 0.717) is 23.5 Å². The van der Waals surface area contributed by atoms with Crippen molar-refractivity contribution in [2.75, 3.05) is 7.11 Å². The van der Waals surface area contributed by atoms with Gasteiger partial charge >= 0.3 is 0 Å². The van der Waals surface area contributed by atoms with Crippen LogP contribution < -0.4 is 4.74 Å². The average Bonchev–Trinajstić information content (AvgIpc) is 3.30. The SMILES string of the molecule is CCn1cc(/C=C2\C[C@@H]3[C@@H]4CCc5cc(OC)ccc5[C@@H]4CC[C@@]3(C)C2=O)cn1. The zero-order valence-corrected chi connectivity index (χ0v) is 17.6. The lowest BCUT2D eigenvalue weighted by Crippen LogP contribution is -2.42. The summed E-state index contributed by atoms with van der Waals surface area (Å²) in [4.78, 5) is 13.4. The van der Waals surface area contributed by atoms with Crippen LogP contribution in [0.5, 0.6) is 5.75 Å². The lowest BCUT2D eigenvalue weighted by Gasteiger charge is -2.48. The van der Waals surface area contributed by atoms with Gasteiger partial charge in [-0.1, -0.05) is 13.0 Å². The van der Waals surface area contributed by atoms with E-state index >= 15 is 0 Å². The van der Waals surface area contributed by atoms with E-state index < -0.39 is 0 Å². The number of allylic oxidation sites excluding steroid dienone is 1. The Kier molecular flexibility index (Phi) is 4.41. The quantitative estimate of drug-likeness (QED) is 0.691. The number of benzene rings is 1. The first kappa shape index (κ1) is 18.7. The van der Waals surface area contributed by atoms with E-state index in [4.69, 9.17) is 4.74 Å². The fourth-order valence-corrected chi connectivity index (χ4v) is 6.31. The lowest BCUT2D eigenvalue weighted by atomic mass is 9.55. The Morgan fingerprint density at radius 2 is 2.21 bits per heavy atom. The van der Waals surface area contributed by atoms with Crippen LogP contribution in [0.1, 0.15) is 62.1 Å². The van der Waals surface area contributed by atoms with E-state index in [0.717, 1.165) is 49.1 Å². The number of carbonyl (C=O) groups is 1. The number of fused-ring (bicyclic) bond motifs is 5. The number of ketones is 1. The molecule has 1 heterocycles. The van der Waals surface area contributed by atoms with E-state index in [-0.39, 0.29) is 5.41 Å². The van der Waals surface area contributed by atoms with Crippen LogP contribution in [0.2, 0.25) is 0 Å². The fourth-order valence-electron chi connectivity index (χ4n) is 6.31. The summed E-state index contributed by atoms with van der Waals surface area (Å²) in [7, 11) is 1.74. The number of hydrogen-bond donors (Lipinski definition) is 0. The molecule has 3 aliphatic rings. The molecule has 2 saturated carbocycles. The van der Waals surface area contributed by atoms with Gasteiger partial charge in [0.1, 0.15) is 5.75 Å². The highest BCUT2D eigenvalue weighted by Gasteiger charge is 2.56. The summed E-state index contributed by atoms with van der Waals surface area (Å²) >= 11 is 0. The molecular formula is C25H30N2O2. The molecule has 29 heavy (non-hydrogen) atoms. The minimum Gasteiger partial charge on any atom is -0.497 e. The van der Waals surface area contributed by atoms with Crippen LogP contribution in [-0.2, 0) is 17.8 Å². The van der Waals surface area contributed by atoms with Crippen molar-refractivity contribution in [1.82, 2.24) is 9.78 Å². The molecule has 2 aromatic rings. The number of rotatable bonds is 3. The molecular weight excluding hydrogens is 360 g/mol. The molecule has 0 saturated heterocycles. The van der Waals surface area contributed by atoms with Crippen LogP contribution in [0, 0.1) is 17.3 Å². The summed E-state index contributed by atoms with van der Waals surface area (Å²) in [6, 6.07) is 6.60. The minimum absolute atomic E-state index is 0.197. The normalized spacial score (nSPS) is 32.0. The zero-order valence-electron chi connectivity index (χ0n) is 17.6. The second kappa shape index (κ2) is 6.86.